The van der Waals surface area contributed by atoms with Gasteiger partial charge in [-0.05, 0) is 118 Å². The molecule has 2 heterocycles. The highest BCUT2D eigenvalue weighted by Crippen LogP contribution is 2.70. The molecular formula is C34H35FN4O2S. The topological polar surface area (TPSA) is 72.1 Å². The average Bonchev–Trinajstić information content (AvgIpc) is 3.57. The maximum atomic E-state index is 14.6. The summed E-state index contributed by atoms with van der Waals surface area (Å²) in [6.45, 7) is 2.73. The van der Waals surface area contributed by atoms with Crippen molar-refractivity contribution >= 4 is 33.1 Å². The van der Waals surface area contributed by atoms with E-state index in [0.29, 0.717) is 31.7 Å². The van der Waals surface area contributed by atoms with Crippen molar-refractivity contribution in [1.29, 1.82) is 0 Å². The molecule has 11 rings (SSSR count). The van der Waals surface area contributed by atoms with Crippen molar-refractivity contribution in [2.75, 3.05) is 11.4 Å². The first-order chi connectivity index (χ1) is 20.3. The molecule has 1 amide bonds. The first-order valence-electron chi connectivity index (χ1n) is 15.6. The van der Waals surface area contributed by atoms with Crippen molar-refractivity contribution < 1.29 is 13.6 Å². The van der Waals surface area contributed by atoms with Gasteiger partial charge in [-0.3, -0.25) is 4.79 Å². The van der Waals surface area contributed by atoms with Gasteiger partial charge in [0.2, 0.25) is 17.7 Å². The zero-order chi connectivity index (χ0) is 28.3. The average molecular weight is 583 g/mol. The number of benzene rings is 2. The van der Waals surface area contributed by atoms with Gasteiger partial charge in [-0.25, -0.2) is 9.37 Å². The Labute approximate surface area is 248 Å². The van der Waals surface area contributed by atoms with Crippen LogP contribution in [0.25, 0.3) is 21.3 Å². The summed E-state index contributed by atoms with van der Waals surface area (Å²) in [6.07, 6.45) is 9.65. The first-order valence-corrected chi connectivity index (χ1v) is 16.4. The van der Waals surface area contributed by atoms with Gasteiger partial charge in [-0.1, -0.05) is 18.2 Å². The number of hydrogen-bond donors (Lipinski definition) is 0. The second-order valence-corrected chi connectivity index (χ2v) is 15.6. The van der Waals surface area contributed by atoms with Gasteiger partial charge in [0.25, 0.3) is 0 Å². The first kappa shape index (κ1) is 25.4. The second-order valence-electron chi connectivity index (χ2n) is 14.3. The van der Waals surface area contributed by atoms with Gasteiger partial charge in [-0.2, -0.15) is 0 Å². The van der Waals surface area contributed by atoms with Crippen LogP contribution in [0.3, 0.4) is 0 Å². The molecule has 6 nitrogen and oxygen atoms in total. The second kappa shape index (κ2) is 8.49. The summed E-state index contributed by atoms with van der Waals surface area (Å²) in [4.78, 5) is 20.9. The Balaban J connectivity index is 1.02. The summed E-state index contributed by atoms with van der Waals surface area (Å²) in [6, 6.07) is 14.8. The molecule has 0 N–H and O–H groups in total. The lowest BCUT2D eigenvalue weighted by Gasteiger charge is -2.65. The van der Waals surface area contributed by atoms with Gasteiger partial charge in [0.15, 0.2) is 0 Å². The minimum absolute atomic E-state index is 0.0151. The molecule has 0 saturated heterocycles. The van der Waals surface area contributed by atoms with Crippen LogP contribution in [0.1, 0.15) is 93.3 Å². The number of aryl methyl sites for hydroxylation is 1. The SMILES string of the molecule is Cc1nc2ccc(-c3cccc(N(CC45CCC(c6nnc(C7CC7)o6)(CC4)CC5)C(=O)C45CC(F)(C4)C5)c3)cc2s1. The highest BCUT2D eigenvalue weighted by Gasteiger charge is 2.73. The van der Waals surface area contributed by atoms with Crippen LogP contribution >= 0.6 is 11.3 Å². The molecule has 0 radical (unpaired) electrons. The van der Waals surface area contributed by atoms with E-state index >= 15 is 0 Å². The summed E-state index contributed by atoms with van der Waals surface area (Å²) in [7, 11) is 0. The molecule has 7 aliphatic rings. The van der Waals surface area contributed by atoms with Crippen LogP contribution in [0, 0.1) is 17.8 Å². The predicted octanol–water partition coefficient (Wildman–Crippen LogP) is 8.05. The summed E-state index contributed by atoms with van der Waals surface area (Å²) >= 11 is 1.70. The molecule has 0 atom stereocenters. The maximum absolute atomic E-state index is 14.6. The molecule has 7 fully saturated rings. The Kier molecular flexibility index (Phi) is 5.13. The van der Waals surface area contributed by atoms with Crippen LogP contribution < -0.4 is 4.90 Å². The van der Waals surface area contributed by atoms with E-state index in [1.165, 1.54) is 4.70 Å². The van der Waals surface area contributed by atoms with Gasteiger partial charge in [-0.15, -0.1) is 21.5 Å². The fourth-order valence-electron chi connectivity index (χ4n) is 8.63. The van der Waals surface area contributed by atoms with Gasteiger partial charge < -0.3 is 9.32 Å². The molecule has 0 unspecified atom stereocenters. The summed E-state index contributed by atoms with van der Waals surface area (Å²) in [5.74, 6) is 2.26. The maximum Gasteiger partial charge on any atom is 0.233 e. The molecule has 7 saturated carbocycles. The van der Waals surface area contributed by atoms with Gasteiger partial charge >= 0.3 is 0 Å². The van der Waals surface area contributed by atoms with Crippen molar-refractivity contribution in [2.45, 2.75) is 94.6 Å². The van der Waals surface area contributed by atoms with Crippen LogP contribution in [0.4, 0.5) is 10.1 Å². The Morgan fingerprint density at radius 3 is 2.45 bits per heavy atom. The smallest absolute Gasteiger partial charge is 0.233 e. The number of carbonyl (C=O) groups excluding carboxylic acids is 1. The number of thiazole rings is 1. The van der Waals surface area contributed by atoms with E-state index in [0.717, 1.165) is 90.5 Å². The zero-order valence-corrected chi connectivity index (χ0v) is 24.8. The minimum atomic E-state index is -1.11. The minimum Gasteiger partial charge on any atom is -0.424 e. The van der Waals surface area contributed by atoms with E-state index in [9.17, 15) is 9.18 Å². The molecule has 42 heavy (non-hydrogen) atoms. The molecule has 8 heteroatoms. The van der Waals surface area contributed by atoms with Crippen molar-refractivity contribution in [3.8, 4) is 11.1 Å². The third-order valence-electron chi connectivity index (χ3n) is 11.4. The third kappa shape index (κ3) is 3.79. The van der Waals surface area contributed by atoms with Crippen molar-refractivity contribution in [3.63, 3.8) is 0 Å². The van der Waals surface area contributed by atoms with E-state index in [-0.39, 0.29) is 16.7 Å². The van der Waals surface area contributed by atoms with E-state index in [4.69, 9.17) is 4.42 Å². The van der Waals surface area contributed by atoms with Crippen molar-refractivity contribution in [2.24, 2.45) is 10.8 Å². The molecule has 4 bridgehead atoms. The normalized spacial score (nSPS) is 32.9. The molecule has 216 valence electrons. The lowest BCUT2D eigenvalue weighted by molar-refractivity contribution is -0.211. The Morgan fingerprint density at radius 2 is 1.74 bits per heavy atom. The molecule has 2 aromatic carbocycles. The van der Waals surface area contributed by atoms with E-state index in [2.05, 4.69) is 57.6 Å². The number of hydrogen-bond acceptors (Lipinski definition) is 6. The summed E-state index contributed by atoms with van der Waals surface area (Å²) in [5, 5.41) is 9.98. The fourth-order valence-corrected chi connectivity index (χ4v) is 9.50. The molecule has 7 aliphatic carbocycles. The number of alkyl halides is 1. The lowest BCUT2D eigenvalue weighted by Crippen LogP contribution is -2.71. The van der Waals surface area contributed by atoms with Crippen LogP contribution in [0.15, 0.2) is 46.9 Å². The van der Waals surface area contributed by atoms with E-state index < -0.39 is 11.1 Å². The number of nitrogens with zero attached hydrogens (tertiary/aromatic N) is 4. The van der Waals surface area contributed by atoms with Crippen LogP contribution in [0.5, 0.6) is 0 Å². The number of anilines is 1. The fraction of sp³-hybridized carbons (Fsp3) is 0.529. The van der Waals surface area contributed by atoms with Gasteiger partial charge in [0.05, 0.1) is 20.6 Å². The van der Waals surface area contributed by atoms with Gasteiger partial charge in [0, 0.05) is 23.6 Å². The quantitative estimate of drug-likeness (QED) is 0.220. The van der Waals surface area contributed by atoms with Crippen molar-refractivity contribution in [1.82, 2.24) is 15.2 Å². The van der Waals surface area contributed by atoms with Crippen LogP contribution in [0.2, 0.25) is 0 Å². The molecule has 0 aliphatic heterocycles. The predicted molar refractivity (Wildman–Crippen MR) is 160 cm³/mol. The Hall–Kier alpha value is -3.13. The highest BCUT2D eigenvalue weighted by molar-refractivity contribution is 7.18. The highest BCUT2D eigenvalue weighted by atomic mass is 32.1. The number of rotatable bonds is 7. The van der Waals surface area contributed by atoms with Crippen LogP contribution in [-0.4, -0.2) is 33.3 Å². The number of halogens is 1. The molecular weight excluding hydrogens is 547 g/mol. The number of carbonyl (C=O) groups is 1. The largest absolute Gasteiger partial charge is 0.424 e. The number of fused-ring (bicyclic) bond motifs is 4. The summed E-state index contributed by atoms with van der Waals surface area (Å²) < 4.78 is 22.0. The number of amides is 1. The number of aromatic nitrogens is 3. The molecule has 0 spiro atoms. The summed E-state index contributed by atoms with van der Waals surface area (Å²) in [5.41, 5.74) is 2.58. The Bertz CT molecular complexity index is 1710. The standard InChI is InChI=1S/C34H35FN4O2S/c1-21-36-26-8-7-24(16-27(26)42-21)23-3-2-4-25(15-23)39(30(40)33-17-34(35,18-33)19-33)20-31-9-12-32(13-10-31,14-11-31)29-38-37-28(41-29)22-5-6-22/h2-4,7-8,15-16,22H,5-6,9-14,17-20H2,1H3. The molecule has 4 aromatic rings. The monoisotopic (exact) mass is 582 g/mol. The van der Waals surface area contributed by atoms with Crippen LogP contribution in [-0.2, 0) is 10.2 Å². The van der Waals surface area contributed by atoms with E-state index in [1.807, 2.05) is 11.8 Å². The molecule has 2 aromatic heterocycles. The van der Waals surface area contributed by atoms with E-state index in [1.54, 1.807) is 11.3 Å². The Morgan fingerprint density at radius 1 is 1.00 bits per heavy atom. The zero-order valence-electron chi connectivity index (χ0n) is 24.0. The lowest BCUT2D eigenvalue weighted by atomic mass is 9.41. The van der Waals surface area contributed by atoms with Gasteiger partial charge in [0.1, 0.15) is 5.67 Å². The third-order valence-corrected chi connectivity index (χ3v) is 12.3. The van der Waals surface area contributed by atoms with Crippen molar-refractivity contribution in [3.05, 3.63) is 59.3 Å².